The number of aromatic nitrogens is 3. The van der Waals surface area contributed by atoms with Crippen molar-refractivity contribution in [3.8, 4) is 0 Å². The normalized spacial score (nSPS) is 14.5. The summed E-state index contributed by atoms with van der Waals surface area (Å²) >= 11 is 0. The maximum absolute atomic E-state index is 12.7. The monoisotopic (exact) mass is 404 g/mol. The number of nitrogens with one attached hydrogen (secondary N) is 1. The summed E-state index contributed by atoms with van der Waals surface area (Å²) in [4.78, 5) is 28.8. The van der Waals surface area contributed by atoms with E-state index < -0.39 is 0 Å². The van der Waals surface area contributed by atoms with E-state index in [1.807, 2.05) is 65.6 Å². The summed E-state index contributed by atoms with van der Waals surface area (Å²) in [5.41, 5.74) is 2.24. The van der Waals surface area contributed by atoms with Gasteiger partial charge in [0, 0.05) is 31.9 Å². The van der Waals surface area contributed by atoms with Crippen LogP contribution in [0.2, 0.25) is 0 Å². The van der Waals surface area contributed by atoms with Crippen molar-refractivity contribution >= 4 is 17.5 Å². The van der Waals surface area contributed by atoms with Crippen LogP contribution in [-0.4, -0.2) is 69.3 Å². The van der Waals surface area contributed by atoms with Gasteiger partial charge in [-0.1, -0.05) is 53.7 Å². The number of carbonyl (C=O) groups is 2. The van der Waals surface area contributed by atoms with Gasteiger partial charge in [0.25, 0.3) is 5.91 Å². The molecular weight excluding hydrogens is 380 g/mol. The maximum atomic E-state index is 12.7. The zero-order valence-electron chi connectivity index (χ0n) is 16.6. The highest BCUT2D eigenvalue weighted by Gasteiger charge is 2.25. The second-order valence-electron chi connectivity index (χ2n) is 7.27. The molecule has 4 rings (SSSR count). The number of rotatable bonds is 6. The van der Waals surface area contributed by atoms with Crippen LogP contribution in [0.5, 0.6) is 0 Å². The van der Waals surface area contributed by atoms with Crippen LogP contribution in [0, 0.1) is 0 Å². The van der Waals surface area contributed by atoms with E-state index in [0.717, 1.165) is 11.3 Å². The number of para-hydroxylation sites is 1. The van der Waals surface area contributed by atoms with Crippen LogP contribution in [0.15, 0.2) is 66.9 Å². The summed E-state index contributed by atoms with van der Waals surface area (Å²) in [6.45, 7) is 3.29. The van der Waals surface area contributed by atoms with Crippen molar-refractivity contribution in [3.05, 3.63) is 78.1 Å². The molecular formula is C22H24N6O2. The van der Waals surface area contributed by atoms with Gasteiger partial charge in [0.1, 0.15) is 0 Å². The fraction of sp³-hybridized carbons (Fsp3) is 0.273. The highest BCUT2D eigenvalue weighted by Crippen LogP contribution is 2.09. The molecule has 1 fully saturated rings. The molecule has 8 heteroatoms. The number of nitrogens with zero attached hydrogens (tertiary/aromatic N) is 5. The molecule has 0 aliphatic carbocycles. The van der Waals surface area contributed by atoms with Gasteiger partial charge in [-0.15, -0.1) is 5.10 Å². The first-order valence-electron chi connectivity index (χ1n) is 9.98. The first kappa shape index (κ1) is 19.8. The summed E-state index contributed by atoms with van der Waals surface area (Å²) < 4.78 is 1.67. The van der Waals surface area contributed by atoms with Gasteiger partial charge in [0.15, 0.2) is 5.69 Å². The molecule has 3 aromatic rings. The SMILES string of the molecule is O=C(CN1CCN(C(=O)c2cn(Cc3ccccc3)nn2)CC1)Nc1ccccc1. The third kappa shape index (κ3) is 5.09. The Kier molecular flexibility index (Phi) is 6.14. The Bertz CT molecular complexity index is 981. The lowest BCUT2D eigenvalue weighted by atomic mass is 10.2. The van der Waals surface area contributed by atoms with Crippen LogP contribution < -0.4 is 5.32 Å². The quantitative estimate of drug-likeness (QED) is 0.676. The van der Waals surface area contributed by atoms with Crippen molar-refractivity contribution in [2.75, 3.05) is 38.0 Å². The lowest BCUT2D eigenvalue weighted by Gasteiger charge is -2.33. The summed E-state index contributed by atoms with van der Waals surface area (Å²) in [7, 11) is 0. The van der Waals surface area contributed by atoms with E-state index in [2.05, 4.69) is 15.6 Å². The minimum atomic E-state index is -0.123. The lowest BCUT2D eigenvalue weighted by Crippen LogP contribution is -2.50. The summed E-state index contributed by atoms with van der Waals surface area (Å²) in [5, 5.41) is 11.0. The third-order valence-corrected chi connectivity index (χ3v) is 5.03. The second kappa shape index (κ2) is 9.32. The van der Waals surface area contributed by atoms with Crippen LogP contribution in [0.3, 0.4) is 0 Å². The summed E-state index contributed by atoms with van der Waals surface area (Å²) in [6, 6.07) is 19.3. The number of hydrogen-bond acceptors (Lipinski definition) is 5. The Hall–Kier alpha value is -3.52. The minimum Gasteiger partial charge on any atom is -0.335 e. The molecule has 2 heterocycles. The maximum Gasteiger partial charge on any atom is 0.276 e. The van der Waals surface area contributed by atoms with Gasteiger partial charge in [-0.3, -0.25) is 14.5 Å². The number of benzene rings is 2. The van der Waals surface area contributed by atoms with E-state index in [1.54, 1.807) is 15.8 Å². The number of piperazine rings is 1. The Balaban J connectivity index is 1.26. The van der Waals surface area contributed by atoms with E-state index in [4.69, 9.17) is 0 Å². The highest BCUT2D eigenvalue weighted by molar-refractivity contribution is 5.93. The van der Waals surface area contributed by atoms with E-state index >= 15 is 0 Å². The van der Waals surface area contributed by atoms with E-state index in [1.165, 1.54) is 0 Å². The molecule has 2 amide bonds. The number of hydrogen-bond donors (Lipinski definition) is 1. The van der Waals surface area contributed by atoms with Crippen LogP contribution >= 0.6 is 0 Å². The number of amides is 2. The third-order valence-electron chi connectivity index (χ3n) is 5.03. The standard InChI is InChI=1S/C22H24N6O2/c29-21(23-19-9-5-2-6-10-19)17-26-11-13-27(14-12-26)22(30)20-16-28(25-24-20)15-18-7-3-1-4-8-18/h1-10,16H,11-15,17H2,(H,23,29). The van der Waals surface area contributed by atoms with Crippen molar-refractivity contribution in [3.63, 3.8) is 0 Å². The predicted molar refractivity (Wildman–Crippen MR) is 113 cm³/mol. The highest BCUT2D eigenvalue weighted by atomic mass is 16.2. The first-order valence-corrected chi connectivity index (χ1v) is 9.98. The smallest absolute Gasteiger partial charge is 0.276 e. The molecule has 0 radical (unpaired) electrons. The van der Waals surface area contributed by atoms with Gasteiger partial charge in [0.05, 0.1) is 19.3 Å². The van der Waals surface area contributed by atoms with E-state index in [9.17, 15) is 9.59 Å². The molecule has 30 heavy (non-hydrogen) atoms. The first-order chi connectivity index (χ1) is 14.7. The molecule has 8 nitrogen and oxygen atoms in total. The van der Waals surface area contributed by atoms with Crippen molar-refractivity contribution < 1.29 is 9.59 Å². The Morgan fingerprint density at radius 3 is 2.27 bits per heavy atom. The molecule has 1 N–H and O–H groups in total. The molecule has 0 unspecified atom stereocenters. The fourth-order valence-corrected chi connectivity index (χ4v) is 3.44. The van der Waals surface area contributed by atoms with Gasteiger partial charge in [-0.25, -0.2) is 4.68 Å². The molecule has 0 atom stereocenters. The summed E-state index contributed by atoms with van der Waals surface area (Å²) in [6.07, 6.45) is 1.69. The molecule has 1 aromatic heterocycles. The Morgan fingerprint density at radius 1 is 0.900 bits per heavy atom. The van der Waals surface area contributed by atoms with Gasteiger partial charge in [-0.2, -0.15) is 0 Å². The van der Waals surface area contributed by atoms with E-state index in [0.29, 0.717) is 45.0 Å². The van der Waals surface area contributed by atoms with Crippen LogP contribution in [0.4, 0.5) is 5.69 Å². The Labute approximate surface area is 175 Å². The average molecular weight is 404 g/mol. The molecule has 154 valence electrons. The fourth-order valence-electron chi connectivity index (χ4n) is 3.44. The van der Waals surface area contributed by atoms with Crippen molar-refractivity contribution in [1.82, 2.24) is 24.8 Å². The molecule has 2 aromatic carbocycles. The van der Waals surface area contributed by atoms with Gasteiger partial charge < -0.3 is 10.2 Å². The number of anilines is 1. The van der Waals surface area contributed by atoms with Crippen molar-refractivity contribution in [2.45, 2.75) is 6.54 Å². The van der Waals surface area contributed by atoms with Gasteiger partial charge in [-0.05, 0) is 17.7 Å². The molecule has 0 saturated carbocycles. The second-order valence-corrected chi connectivity index (χ2v) is 7.27. The molecule has 0 bridgehead atoms. The molecule has 0 spiro atoms. The Morgan fingerprint density at radius 2 is 1.57 bits per heavy atom. The van der Waals surface area contributed by atoms with Gasteiger partial charge in [0.2, 0.25) is 5.91 Å². The molecule has 1 aliphatic rings. The van der Waals surface area contributed by atoms with Crippen molar-refractivity contribution in [1.29, 1.82) is 0 Å². The molecule has 1 aliphatic heterocycles. The largest absolute Gasteiger partial charge is 0.335 e. The van der Waals surface area contributed by atoms with Crippen LogP contribution in [0.25, 0.3) is 0 Å². The van der Waals surface area contributed by atoms with Crippen molar-refractivity contribution in [2.24, 2.45) is 0 Å². The average Bonchev–Trinajstić information content (AvgIpc) is 3.23. The predicted octanol–water partition coefficient (Wildman–Crippen LogP) is 1.72. The zero-order valence-corrected chi connectivity index (χ0v) is 16.6. The molecule has 1 saturated heterocycles. The number of carbonyl (C=O) groups excluding carboxylic acids is 2. The van der Waals surface area contributed by atoms with Crippen LogP contribution in [-0.2, 0) is 11.3 Å². The zero-order chi connectivity index (χ0) is 20.8. The van der Waals surface area contributed by atoms with Gasteiger partial charge >= 0.3 is 0 Å². The lowest BCUT2D eigenvalue weighted by molar-refractivity contribution is -0.117. The van der Waals surface area contributed by atoms with E-state index in [-0.39, 0.29) is 11.8 Å². The minimum absolute atomic E-state index is 0.0511. The summed E-state index contributed by atoms with van der Waals surface area (Å²) in [5.74, 6) is -0.174. The van der Waals surface area contributed by atoms with Crippen LogP contribution in [0.1, 0.15) is 16.1 Å². The topological polar surface area (TPSA) is 83.4 Å².